The number of carbonyl (C=O) groups is 1. The molecule has 1 saturated heterocycles. The van der Waals surface area contributed by atoms with E-state index in [1.54, 1.807) is 49.6 Å². The van der Waals surface area contributed by atoms with Crippen molar-refractivity contribution < 1.29 is 22.7 Å². The summed E-state index contributed by atoms with van der Waals surface area (Å²) in [4.78, 5) is 12.7. The summed E-state index contributed by atoms with van der Waals surface area (Å²) in [6.07, 6.45) is 1.48. The van der Waals surface area contributed by atoms with Gasteiger partial charge in [-0.25, -0.2) is 8.42 Å². The molecular weight excluding hydrogens is 404 g/mol. The van der Waals surface area contributed by atoms with Crippen LogP contribution in [0.4, 0.5) is 5.69 Å². The zero-order valence-electron chi connectivity index (χ0n) is 17.6. The highest BCUT2D eigenvalue weighted by Crippen LogP contribution is 2.28. The second kappa shape index (κ2) is 9.38. The summed E-state index contributed by atoms with van der Waals surface area (Å²) < 4.78 is 37.2. The number of nitrogens with zero attached hydrogens (tertiary/aromatic N) is 1. The lowest BCUT2D eigenvalue weighted by Gasteiger charge is -2.29. The summed E-state index contributed by atoms with van der Waals surface area (Å²) in [6.45, 7) is 4.45. The fourth-order valence-corrected chi connectivity index (χ4v) is 5.01. The third-order valence-electron chi connectivity index (χ3n) is 5.03. The van der Waals surface area contributed by atoms with Gasteiger partial charge in [-0.3, -0.25) is 9.10 Å². The number of benzene rings is 2. The van der Waals surface area contributed by atoms with Crippen LogP contribution in [-0.4, -0.2) is 46.4 Å². The predicted molar refractivity (Wildman–Crippen MR) is 117 cm³/mol. The molecule has 2 aromatic rings. The van der Waals surface area contributed by atoms with Crippen molar-refractivity contribution in [1.82, 2.24) is 5.32 Å². The molecule has 3 rings (SSSR count). The standard InChI is InChI=1S/C22H28N2O5S/c1-16-6-7-18(14-21(16)24-12-4-5-13-30(24,26)27)22(25)23-17(2)15-29-20-10-8-19(28-3)9-11-20/h6-11,14,17H,4-5,12-13,15H2,1-3H3,(H,23,25)/t17-/m0/s1. The Balaban J connectivity index is 1.64. The summed E-state index contributed by atoms with van der Waals surface area (Å²) in [7, 11) is -1.73. The van der Waals surface area contributed by atoms with Crippen LogP contribution in [0.3, 0.4) is 0 Å². The first-order valence-electron chi connectivity index (χ1n) is 9.99. The van der Waals surface area contributed by atoms with Gasteiger partial charge in [0.05, 0.1) is 24.6 Å². The third kappa shape index (κ3) is 5.24. The van der Waals surface area contributed by atoms with Crippen molar-refractivity contribution in [1.29, 1.82) is 0 Å². The van der Waals surface area contributed by atoms with E-state index in [1.165, 1.54) is 4.31 Å². The molecule has 1 amide bonds. The fraction of sp³-hybridized carbons (Fsp3) is 0.409. The molecule has 8 heteroatoms. The number of carbonyl (C=O) groups excluding carboxylic acids is 1. The number of hydrogen-bond donors (Lipinski definition) is 1. The SMILES string of the molecule is COc1ccc(OC[C@H](C)NC(=O)c2ccc(C)c(N3CCCCS3(=O)=O)c2)cc1. The number of nitrogens with one attached hydrogen (secondary N) is 1. The van der Waals surface area contributed by atoms with E-state index in [4.69, 9.17) is 9.47 Å². The Kier molecular flexibility index (Phi) is 6.87. The van der Waals surface area contributed by atoms with Crippen LogP contribution in [0.15, 0.2) is 42.5 Å². The number of rotatable bonds is 7. The number of ether oxygens (including phenoxy) is 2. The van der Waals surface area contributed by atoms with Crippen molar-refractivity contribution in [2.75, 3.05) is 30.3 Å². The Hall–Kier alpha value is -2.74. The normalized spacial score (nSPS) is 16.6. The number of aryl methyl sites for hydroxylation is 1. The van der Waals surface area contributed by atoms with Gasteiger partial charge in [0.2, 0.25) is 10.0 Å². The van der Waals surface area contributed by atoms with Gasteiger partial charge in [0.15, 0.2) is 0 Å². The number of sulfonamides is 1. The van der Waals surface area contributed by atoms with E-state index < -0.39 is 10.0 Å². The van der Waals surface area contributed by atoms with Gasteiger partial charge in [0.25, 0.3) is 5.91 Å². The van der Waals surface area contributed by atoms with Gasteiger partial charge < -0.3 is 14.8 Å². The van der Waals surface area contributed by atoms with Crippen molar-refractivity contribution >= 4 is 21.6 Å². The maximum Gasteiger partial charge on any atom is 0.251 e. The Labute approximate surface area is 178 Å². The topological polar surface area (TPSA) is 84.9 Å². The van der Waals surface area contributed by atoms with Crippen LogP contribution < -0.4 is 19.1 Å². The molecule has 162 valence electrons. The summed E-state index contributed by atoms with van der Waals surface area (Å²) in [5.74, 6) is 1.30. The highest BCUT2D eigenvalue weighted by atomic mass is 32.2. The van der Waals surface area contributed by atoms with Gasteiger partial charge in [-0.1, -0.05) is 6.07 Å². The minimum absolute atomic E-state index is 0.141. The van der Waals surface area contributed by atoms with Gasteiger partial charge in [-0.2, -0.15) is 0 Å². The molecule has 2 aromatic carbocycles. The van der Waals surface area contributed by atoms with Crippen molar-refractivity contribution in [2.24, 2.45) is 0 Å². The molecule has 1 atom stereocenters. The van der Waals surface area contributed by atoms with Gasteiger partial charge in [0.1, 0.15) is 18.1 Å². The highest BCUT2D eigenvalue weighted by molar-refractivity contribution is 7.92. The van der Waals surface area contributed by atoms with E-state index in [1.807, 2.05) is 13.8 Å². The second-order valence-corrected chi connectivity index (χ2v) is 9.47. The molecule has 0 radical (unpaired) electrons. The Morgan fingerprint density at radius 2 is 1.83 bits per heavy atom. The highest BCUT2D eigenvalue weighted by Gasteiger charge is 2.27. The van der Waals surface area contributed by atoms with Crippen molar-refractivity contribution in [3.63, 3.8) is 0 Å². The molecule has 1 N–H and O–H groups in total. The minimum Gasteiger partial charge on any atom is -0.497 e. The second-order valence-electron chi connectivity index (χ2n) is 7.46. The smallest absolute Gasteiger partial charge is 0.251 e. The van der Waals surface area contributed by atoms with Crippen LogP contribution in [0.5, 0.6) is 11.5 Å². The molecule has 1 fully saturated rings. The average molecular weight is 433 g/mol. The minimum atomic E-state index is -3.34. The third-order valence-corrected chi connectivity index (χ3v) is 6.88. The van der Waals surface area contributed by atoms with E-state index in [0.717, 1.165) is 17.7 Å². The number of amides is 1. The van der Waals surface area contributed by atoms with Crippen LogP contribution in [0.1, 0.15) is 35.7 Å². The molecule has 0 spiro atoms. The van der Waals surface area contributed by atoms with Crippen LogP contribution in [-0.2, 0) is 10.0 Å². The van der Waals surface area contributed by atoms with E-state index in [9.17, 15) is 13.2 Å². The number of hydrogen-bond acceptors (Lipinski definition) is 5. The first-order valence-corrected chi connectivity index (χ1v) is 11.6. The molecule has 0 unspecified atom stereocenters. The molecule has 0 aliphatic carbocycles. The van der Waals surface area contributed by atoms with Crippen LogP contribution in [0, 0.1) is 6.92 Å². The Morgan fingerprint density at radius 1 is 1.13 bits per heavy atom. The molecule has 0 saturated carbocycles. The lowest BCUT2D eigenvalue weighted by Crippen LogP contribution is -2.39. The van der Waals surface area contributed by atoms with Crippen molar-refractivity contribution in [2.45, 2.75) is 32.7 Å². The molecule has 1 aliphatic rings. The van der Waals surface area contributed by atoms with Gasteiger partial charge >= 0.3 is 0 Å². The van der Waals surface area contributed by atoms with Crippen LogP contribution in [0.2, 0.25) is 0 Å². The van der Waals surface area contributed by atoms with Gasteiger partial charge in [-0.15, -0.1) is 0 Å². The van der Waals surface area contributed by atoms with Crippen LogP contribution in [0.25, 0.3) is 0 Å². The summed E-state index contributed by atoms with van der Waals surface area (Å²) >= 11 is 0. The van der Waals surface area contributed by atoms with Crippen molar-refractivity contribution in [3.05, 3.63) is 53.6 Å². The molecule has 7 nitrogen and oxygen atoms in total. The monoisotopic (exact) mass is 432 g/mol. The number of methoxy groups -OCH3 is 1. The van der Waals surface area contributed by atoms with E-state index in [-0.39, 0.29) is 17.7 Å². The Morgan fingerprint density at radius 3 is 2.50 bits per heavy atom. The fourth-order valence-electron chi connectivity index (χ4n) is 3.32. The lowest BCUT2D eigenvalue weighted by atomic mass is 10.1. The van der Waals surface area contributed by atoms with Gasteiger partial charge in [-0.05, 0) is 68.7 Å². The predicted octanol–water partition coefficient (Wildman–Crippen LogP) is 3.13. The number of anilines is 1. The molecule has 0 bridgehead atoms. The molecule has 30 heavy (non-hydrogen) atoms. The first-order chi connectivity index (χ1) is 14.3. The summed E-state index contributed by atoms with van der Waals surface area (Å²) in [5, 5.41) is 2.90. The lowest BCUT2D eigenvalue weighted by molar-refractivity contribution is 0.0926. The maximum absolute atomic E-state index is 12.7. The molecule has 1 heterocycles. The van der Waals surface area contributed by atoms with E-state index >= 15 is 0 Å². The van der Waals surface area contributed by atoms with E-state index in [0.29, 0.717) is 36.6 Å². The van der Waals surface area contributed by atoms with Gasteiger partial charge in [0, 0.05) is 12.1 Å². The first kappa shape index (κ1) is 22.0. The largest absolute Gasteiger partial charge is 0.497 e. The zero-order chi connectivity index (χ0) is 21.7. The summed E-state index contributed by atoms with van der Waals surface area (Å²) in [6, 6.07) is 12.1. The van der Waals surface area contributed by atoms with E-state index in [2.05, 4.69) is 5.32 Å². The van der Waals surface area contributed by atoms with Crippen LogP contribution >= 0.6 is 0 Å². The quantitative estimate of drug-likeness (QED) is 0.727. The molecular formula is C22H28N2O5S. The maximum atomic E-state index is 12.7. The zero-order valence-corrected chi connectivity index (χ0v) is 18.4. The molecule has 1 aliphatic heterocycles. The van der Waals surface area contributed by atoms with Crippen molar-refractivity contribution in [3.8, 4) is 11.5 Å². The average Bonchev–Trinajstić information content (AvgIpc) is 2.73. The molecule has 0 aromatic heterocycles. The Bertz CT molecular complexity index is 989. The summed E-state index contributed by atoms with van der Waals surface area (Å²) in [5.41, 5.74) is 1.82.